The molecule has 4 heteroatoms. The highest BCUT2D eigenvalue weighted by Crippen LogP contribution is 2.52. The van der Waals surface area contributed by atoms with Gasteiger partial charge in [0.2, 0.25) is 0 Å². The van der Waals surface area contributed by atoms with Crippen molar-refractivity contribution in [2.24, 2.45) is 0 Å². The highest BCUT2D eigenvalue weighted by atomic mass is 16.6. The lowest BCUT2D eigenvalue weighted by Gasteiger charge is -2.23. The third-order valence-corrected chi connectivity index (χ3v) is 4.59. The Hall–Kier alpha value is -3.66. The number of hydrogen-bond donors (Lipinski definition) is 2. The number of ether oxygens (including phenoxy) is 2. The monoisotopic (exact) mass is 341 g/mol. The summed E-state index contributed by atoms with van der Waals surface area (Å²) in [5, 5.41) is 12.4. The highest BCUT2D eigenvalue weighted by molar-refractivity contribution is 6.06. The lowest BCUT2D eigenvalue weighted by atomic mass is 9.95. The van der Waals surface area contributed by atoms with Crippen molar-refractivity contribution in [3.05, 3.63) is 72.8 Å². The van der Waals surface area contributed by atoms with Crippen molar-refractivity contribution in [2.75, 3.05) is 5.73 Å². The van der Waals surface area contributed by atoms with E-state index in [4.69, 9.17) is 15.2 Å². The number of fused-ring (bicyclic) bond motifs is 3. The maximum Gasteiger partial charge on any atom is 0.178 e. The molecule has 4 aromatic rings. The molecule has 1 heterocycles. The molecular formula is C22H15NO3. The molecule has 0 aliphatic carbocycles. The van der Waals surface area contributed by atoms with Crippen molar-refractivity contribution >= 4 is 16.5 Å². The molecular weight excluding hydrogens is 326 g/mol. The lowest BCUT2D eigenvalue weighted by molar-refractivity contribution is 0.360. The van der Waals surface area contributed by atoms with E-state index in [1.807, 2.05) is 66.7 Å². The van der Waals surface area contributed by atoms with E-state index in [0.29, 0.717) is 34.2 Å². The largest absolute Gasteiger partial charge is 0.507 e. The van der Waals surface area contributed by atoms with Crippen LogP contribution in [0.2, 0.25) is 0 Å². The zero-order valence-electron chi connectivity index (χ0n) is 13.8. The molecule has 0 saturated heterocycles. The molecule has 0 aromatic heterocycles. The van der Waals surface area contributed by atoms with Crippen LogP contribution in [0.15, 0.2) is 72.8 Å². The molecule has 0 bridgehead atoms. The van der Waals surface area contributed by atoms with E-state index in [1.165, 1.54) is 0 Å². The van der Waals surface area contributed by atoms with Crippen LogP contribution in [0.4, 0.5) is 5.69 Å². The van der Waals surface area contributed by atoms with Gasteiger partial charge in [-0.2, -0.15) is 0 Å². The summed E-state index contributed by atoms with van der Waals surface area (Å²) in [5.41, 5.74) is 8.06. The first kappa shape index (κ1) is 14.7. The van der Waals surface area contributed by atoms with Crippen molar-refractivity contribution in [3.63, 3.8) is 0 Å². The summed E-state index contributed by atoms with van der Waals surface area (Å²) in [6, 6.07) is 22.5. The second kappa shape index (κ2) is 5.43. The Morgan fingerprint density at radius 3 is 2.15 bits per heavy atom. The zero-order chi connectivity index (χ0) is 17.7. The van der Waals surface area contributed by atoms with Crippen LogP contribution in [0.3, 0.4) is 0 Å². The Labute approximate surface area is 150 Å². The first-order valence-corrected chi connectivity index (χ1v) is 8.30. The summed E-state index contributed by atoms with van der Waals surface area (Å²) >= 11 is 0. The first-order valence-electron chi connectivity index (χ1n) is 8.30. The maximum atomic E-state index is 10.7. The smallest absolute Gasteiger partial charge is 0.178 e. The standard InChI is InChI=1S/C22H15NO3/c23-16-12-17(24)21(14-7-2-1-6-13(14)16)15-8-5-11-20-22(15)26-19-10-4-3-9-18(19)25-20/h1-12,24H,23H2. The van der Waals surface area contributed by atoms with Crippen molar-refractivity contribution in [2.45, 2.75) is 0 Å². The van der Waals surface area contributed by atoms with Crippen molar-refractivity contribution in [1.29, 1.82) is 0 Å². The number of benzene rings is 4. The number of hydrogen-bond acceptors (Lipinski definition) is 4. The van der Waals surface area contributed by atoms with Crippen LogP contribution in [-0.4, -0.2) is 5.11 Å². The summed E-state index contributed by atoms with van der Waals surface area (Å²) in [7, 11) is 0. The van der Waals surface area contributed by atoms with Crippen LogP contribution in [0.5, 0.6) is 28.7 Å². The molecule has 0 atom stereocenters. The number of para-hydroxylation sites is 3. The van der Waals surface area contributed by atoms with Crippen LogP contribution >= 0.6 is 0 Å². The minimum Gasteiger partial charge on any atom is -0.507 e. The van der Waals surface area contributed by atoms with Gasteiger partial charge in [-0.3, -0.25) is 0 Å². The van der Waals surface area contributed by atoms with Crippen LogP contribution in [0, 0.1) is 0 Å². The first-order chi connectivity index (χ1) is 12.7. The molecule has 126 valence electrons. The molecule has 1 aliphatic heterocycles. The average molecular weight is 341 g/mol. The molecule has 0 unspecified atom stereocenters. The second-order valence-corrected chi connectivity index (χ2v) is 6.19. The molecule has 5 rings (SSSR count). The van der Waals surface area contributed by atoms with Gasteiger partial charge in [0.05, 0.1) is 0 Å². The van der Waals surface area contributed by atoms with Crippen molar-refractivity contribution in [3.8, 4) is 39.9 Å². The van der Waals surface area contributed by atoms with Gasteiger partial charge >= 0.3 is 0 Å². The predicted octanol–water partition coefficient (Wildman–Crippen LogP) is 5.69. The molecule has 0 radical (unpaired) electrons. The molecule has 0 saturated carbocycles. The second-order valence-electron chi connectivity index (χ2n) is 6.19. The molecule has 0 spiro atoms. The van der Waals surface area contributed by atoms with Gasteiger partial charge in [-0.05, 0) is 23.6 Å². The van der Waals surface area contributed by atoms with Crippen LogP contribution < -0.4 is 15.2 Å². The van der Waals surface area contributed by atoms with Crippen molar-refractivity contribution in [1.82, 2.24) is 0 Å². The van der Waals surface area contributed by atoms with Gasteiger partial charge in [0.15, 0.2) is 23.0 Å². The van der Waals surface area contributed by atoms with E-state index >= 15 is 0 Å². The molecule has 3 N–H and O–H groups in total. The average Bonchev–Trinajstić information content (AvgIpc) is 2.66. The molecule has 1 aliphatic rings. The normalized spacial score (nSPS) is 12.0. The SMILES string of the molecule is Nc1cc(O)c(-c2cccc3c2Oc2ccccc2O3)c2ccccc12. The maximum absolute atomic E-state index is 10.7. The summed E-state index contributed by atoms with van der Waals surface area (Å²) in [4.78, 5) is 0. The van der Waals surface area contributed by atoms with Gasteiger partial charge in [0, 0.05) is 28.3 Å². The topological polar surface area (TPSA) is 64.7 Å². The van der Waals surface area contributed by atoms with Crippen LogP contribution in [0.1, 0.15) is 0 Å². The number of phenolic OH excluding ortho intramolecular Hbond substituents is 1. The molecule has 4 nitrogen and oxygen atoms in total. The van der Waals surface area contributed by atoms with Gasteiger partial charge in [-0.1, -0.05) is 48.5 Å². The van der Waals surface area contributed by atoms with E-state index in [1.54, 1.807) is 6.07 Å². The molecule has 0 amide bonds. The van der Waals surface area contributed by atoms with Crippen LogP contribution in [0.25, 0.3) is 21.9 Å². The zero-order valence-corrected chi connectivity index (χ0v) is 13.8. The summed E-state index contributed by atoms with van der Waals surface area (Å²) < 4.78 is 12.1. The third kappa shape index (κ3) is 2.09. The number of aromatic hydroxyl groups is 1. The summed E-state index contributed by atoms with van der Waals surface area (Å²) in [6.45, 7) is 0. The quantitative estimate of drug-likeness (QED) is 0.384. The Kier molecular flexibility index (Phi) is 3.06. The summed E-state index contributed by atoms with van der Waals surface area (Å²) in [5.74, 6) is 2.62. The fraction of sp³-hybridized carbons (Fsp3) is 0. The number of nitrogens with two attached hydrogens (primary N) is 1. The van der Waals surface area contributed by atoms with Gasteiger partial charge < -0.3 is 20.3 Å². The third-order valence-electron chi connectivity index (χ3n) is 4.59. The van der Waals surface area contributed by atoms with Crippen molar-refractivity contribution < 1.29 is 14.6 Å². The fourth-order valence-corrected chi connectivity index (χ4v) is 3.42. The number of nitrogen functional groups attached to an aromatic ring is 1. The number of rotatable bonds is 1. The Morgan fingerprint density at radius 1 is 0.692 bits per heavy atom. The highest BCUT2D eigenvalue weighted by Gasteiger charge is 2.24. The minimum absolute atomic E-state index is 0.108. The Bertz CT molecular complexity index is 1170. The Balaban J connectivity index is 1.79. The van der Waals surface area contributed by atoms with Crippen LogP contribution in [-0.2, 0) is 0 Å². The lowest BCUT2D eigenvalue weighted by Crippen LogP contribution is -2.00. The number of anilines is 1. The van der Waals surface area contributed by atoms with E-state index in [2.05, 4.69) is 0 Å². The van der Waals surface area contributed by atoms with E-state index in [-0.39, 0.29) is 5.75 Å². The van der Waals surface area contributed by atoms with E-state index < -0.39 is 0 Å². The number of phenols is 1. The van der Waals surface area contributed by atoms with E-state index in [9.17, 15) is 5.11 Å². The molecule has 26 heavy (non-hydrogen) atoms. The molecule has 4 aromatic carbocycles. The Morgan fingerprint density at radius 2 is 1.35 bits per heavy atom. The fourth-order valence-electron chi connectivity index (χ4n) is 3.42. The molecule has 0 fully saturated rings. The van der Waals surface area contributed by atoms with E-state index in [0.717, 1.165) is 16.3 Å². The minimum atomic E-state index is 0.108. The van der Waals surface area contributed by atoms with Gasteiger partial charge in [0.1, 0.15) is 5.75 Å². The predicted molar refractivity (Wildman–Crippen MR) is 102 cm³/mol. The van der Waals surface area contributed by atoms with Gasteiger partial charge in [-0.25, -0.2) is 0 Å². The van der Waals surface area contributed by atoms with Gasteiger partial charge in [0.25, 0.3) is 0 Å². The summed E-state index contributed by atoms with van der Waals surface area (Å²) in [6.07, 6.45) is 0. The van der Waals surface area contributed by atoms with Gasteiger partial charge in [-0.15, -0.1) is 0 Å².